The van der Waals surface area contributed by atoms with Crippen molar-refractivity contribution in [3.05, 3.63) is 11.9 Å². The summed E-state index contributed by atoms with van der Waals surface area (Å²) in [5, 5.41) is 0. The second-order valence-corrected chi connectivity index (χ2v) is 2.34. The summed E-state index contributed by atoms with van der Waals surface area (Å²) in [4.78, 5) is 12.6. The molecule has 0 fully saturated rings. The molecular weight excluding hydrogens is 156 g/mol. The van der Waals surface area contributed by atoms with Gasteiger partial charge in [0, 0.05) is 13.6 Å². The number of rotatable bonds is 4. The lowest BCUT2D eigenvalue weighted by Crippen LogP contribution is -2.24. The molecule has 0 saturated carbocycles. The van der Waals surface area contributed by atoms with Crippen LogP contribution in [0.5, 0.6) is 0 Å². The van der Waals surface area contributed by atoms with E-state index >= 15 is 0 Å². The van der Waals surface area contributed by atoms with Gasteiger partial charge in [0.2, 0.25) is 0 Å². The lowest BCUT2D eigenvalue weighted by atomic mass is 10.5. The van der Waals surface area contributed by atoms with Crippen molar-refractivity contribution in [3.8, 4) is 0 Å². The van der Waals surface area contributed by atoms with E-state index in [-0.39, 0.29) is 0 Å². The zero-order chi connectivity index (χ0) is 9.56. The van der Waals surface area contributed by atoms with Crippen molar-refractivity contribution in [3.63, 3.8) is 0 Å². The van der Waals surface area contributed by atoms with Crippen LogP contribution < -0.4 is 5.73 Å². The predicted octanol–water partition coefficient (Wildman–Crippen LogP) is 0.301. The normalized spacial score (nSPS) is 11.1. The fraction of sp³-hybridized carbons (Fsp3) is 0.625. The molecule has 12 heavy (non-hydrogen) atoms. The smallest absolute Gasteiger partial charge is 0.334 e. The van der Waals surface area contributed by atoms with Gasteiger partial charge in [0.05, 0.1) is 12.7 Å². The first-order valence-electron chi connectivity index (χ1n) is 3.96. The van der Waals surface area contributed by atoms with E-state index in [0.29, 0.717) is 12.4 Å². The highest BCUT2D eigenvalue weighted by Crippen LogP contribution is 1.92. The van der Waals surface area contributed by atoms with E-state index < -0.39 is 5.97 Å². The Morgan fingerprint density at radius 1 is 1.58 bits per heavy atom. The van der Waals surface area contributed by atoms with Crippen molar-refractivity contribution in [2.24, 2.45) is 5.73 Å². The number of nitrogens with two attached hydrogens (primary N) is 1. The van der Waals surface area contributed by atoms with Crippen LogP contribution in [0, 0.1) is 0 Å². The van der Waals surface area contributed by atoms with Crippen LogP contribution in [-0.2, 0) is 9.53 Å². The van der Waals surface area contributed by atoms with Gasteiger partial charge >= 0.3 is 5.97 Å². The molecule has 70 valence electrons. The van der Waals surface area contributed by atoms with Crippen LogP contribution in [-0.4, -0.2) is 31.1 Å². The van der Waals surface area contributed by atoms with Crippen LogP contribution >= 0.6 is 0 Å². The molecule has 0 amide bonds. The fourth-order valence-corrected chi connectivity index (χ4v) is 0.597. The molecule has 0 aromatic carbocycles. The Morgan fingerprint density at radius 3 is 2.58 bits per heavy atom. The molecule has 0 aliphatic rings. The second-order valence-electron chi connectivity index (χ2n) is 2.34. The molecule has 0 atom stereocenters. The van der Waals surface area contributed by atoms with Gasteiger partial charge in [0.15, 0.2) is 0 Å². The van der Waals surface area contributed by atoms with Crippen LogP contribution in [0.15, 0.2) is 11.9 Å². The predicted molar refractivity (Wildman–Crippen MR) is 47.2 cm³/mol. The average molecular weight is 172 g/mol. The maximum absolute atomic E-state index is 10.9. The first-order valence-corrected chi connectivity index (χ1v) is 3.96. The Labute approximate surface area is 73.0 Å². The van der Waals surface area contributed by atoms with Crippen LogP contribution in [0.3, 0.4) is 0 Å². The van der Waals surface area contributed by atoms with Gasteiger partial charge in [-0.15, -0.1) is 0 Å². The van der Waals surface area contributed by atoms with Gasteiger partial charge in [-0.1, -0.05) is 0 Å². The van der Waals surface area contributed by atoms with E-state index in [1.165, 1.54) is 6.08 Å². The zero-order valence-electron chi connectivity index (χ0n) is 7.83. The van der Waals surface area contributed by atoms with Gasteiger partial charge in [-0.3, -0.25) is 0 Å². The quantitative estimate of drug-likeness (QED) is 0.489. The van der Waals surface area contributed by atoms with E-state index in [4.69, 9.17) is 5.73 Å². The number of hydrogen-bond acceptors (Lipinski definition) is 4. The SMILES string of the molecule is CCOC(=O)C=C(N)N(C)CC. The van der Waals surface area contributed by atoms with Crippen molar-refractivity contribution >= 4 is 5.97 Å². The van der Waals surface area contributed by atoms with E-state index in [1.54, 1.807) is 11.8 Å². The largest absolute Gasteiger partial charge is 0.463 e. The lowest BCUT2D eigenvalue weighted by Gasteiger charge is -2.15. The van der Waals surface area contributed by atoms with Crippen LogP contribution in [0.25, 0.3) is 0 Å². The number of carbonyl (C=O) groups is 1. The molecule has 0 aromatic heterocycles. The Kier molecular flexibility index (Phi) is 4.92. The lowest BCUT2D eigenvalue weighted by molar-refractivity contribution is -0.137. The van der Waals surface area contributed by atoms with Gasteiger partial charge in [0.25, 0.3) is 0 Å². The monoisotopic (exact) mass is 172 g/mol. The highest BCUT2D eigenvalue weighted by molar-refractivity contribution is 5.82. The van der Waals surface area contributed by atoms with Crippen molar-refractivity contribution in [1.82, 2.24) is 4.90 Å². The molecule has 0 rings (SSSR count). The minimum Gasteiger partial charge on any atom is -0.463 e. The topological polar surface area (TPSA) is 55.6 Å². The van der Waals surface area contributed by atoms with E-state index in [9.17, 15) is 4.79 Å². The molecule has 0 aliphatic carbocycles. The van der Waals surface area contributed by atoms with Gasteiger partial charge < -0.3 is 15.4 Å². The van der Waals surface area contributed by atoms with Gasteiger partial charge in [-0.2, -0.15) is 0 Å². The van der Waals surface area contributed by atoms with E-state index in [1.807, 2.05) is 14.0 Å². The number of ether oxygens (including phenoxy) is 1. The van der Waals surface area contributed by atoms with Gasteiger partial charge in [-0.25, -0.2) is 4.79 Å². The zero-order valence-corrected chi connectivity index (χ0v) is 7.83. The third kappa shape index (κ3) is 3.85. The van der Waals surface area contributed by atoms with Crippen LogP contribution in [0.1, 0.15) is 13.8 Å². The van der Waals surface area contributed by atoms with E-state index in [2.05, 4.69) is 4.74 Å². The Hall–Kier alpha value is -1.19. The molecule has 4 heteroatoms. The molecule has 0 radical (unpaired) electrons. The molecule has 4 nitrogen and oxygen atoms in total. The van der Waals surface area contributed by atoms with Gasteiger partial charge in [-0.05, 0) is 13.8 Å². The van der Waals surface area contributed by atoms with Crippen molar-refractivity contribution in [1.29, 1.82) is 0 Å². The molecule has 0 heterocycles. The summed E-state index contributed by atoms with van der Waals surface area (Å²) >= 11 is 0. The number of carbonyl (C=O) groups excluding carboxylic acids is 1. The summed E-state index contributed by atoms with van der Waals surface area (Å²) in [5.41, 5.74) is 5.55. The second kappa shape index (κ2) is 5.46. The van der Waals surface area contributed by atoms with Crippen LogP contribution in [0.4, 0.5) is 0 Å². The average Bonchev–Trinajstić information content (AvgIpc) is 2.03. The highest BCUT2D eigenvalue weighted by atomic mass is 16.5. The summed E-state index contributed by atoms with van der Waals surface area (Å²) in [6.45, 7) is 4.84. The minimum atomic E-state index is -0.393. The molecule has 0 aromatic rings. The minimum absolute atomic E-state index is 0.373. The molecule has 0 bridgehead atoms. The number of hydrogen-bond donors (Lipinski definition) is 1. The molecule has 2 N–H and O–H groups in total. The third-order valence-corrected chi connectivity index (χ3v) is 1.47. The standard InChI is InChI=1S/C8H16N2O2/c1-4-10(3)7(9)6-8(11)12-5-2/h6H,4-5,9H2,1-3H3. The summed E-state index contributed by atoms with van der Waals surface area (Å²) in [6, 6.07) is 0. The fourth-order valence-electron chi connectivity index (χ4n) is 0.597. The Morgan fingerprint density at radius 2 is 2.17 bits per heavy atom. The van der Waals surface area contributed by atoms with Crippen LogP contribution in [0.2, 0.25) is 0 Å². The van der Waals surface area contributed by atoms with Gasteiger partial charge in [0.1, 0.15) is 5.82 Å². The first-order chi connectivity index (χ1) is 5.61. The Balaban J connectivity index is 4.05. The first kappa shape index (κ1) is 10.8. The molecule has 0 spiro atoms. The molecular formula is C8H16N2O2. The molecule has 0 aliphatic heterocycles. The summed E-state index contributed by atoms with van der Waals surface area (Å²) in [7, 11) is 1.81. The third-order valence-electron chi connectivity index (χ3n) is 1.47. The van der Waals surface area contributed by atoms with E-state index in [0.717, 1.165) is 6.54 Å². The molecule has 0 unspecified atom stereocenters. The summed E-state index contributed by atoms with van der Waals surface area (Å²) in [5.74, 6) is 0.0336. The number of esters is 1. The van der Waals surface area contributed by atoms with Crippen molar-refractivity contribution in [2.75, 3.05) is 20.2 Å². The highest BCUT2D eigenvalue weighted by Gasteiger charge is 2.01. The Bertz CT molecular complexity index is 178. The van der Waals surface area contributed by atoms with Crippen molar-refractivity contribution < 1.29 is 9.53 Å². The maximum atomic E-state index is 10.9. The van der Waals surface area contributed by atoms with Crippen molar-refractivity contribution in [2.45, 2.75) is 13.8 Å². The maximum Gasteiger partial charge on any atom is 0.334 e. The summed E-state index contributed by atoms with van der Waals surface area (Å²) < 4.78 is 4.69. The summed E-state index contributed by atoms with van der Waals surface area (Å²) in [6.07, 6.45) is 1.28. The molecule has 0 saturated heterocycles. The number of nitrogens with zero attached hydrogens (tertiary/aromatic N) is 1.